The van der Waals surface area contributed by atoms with E-state index in [4.69, 9.17) is 5.11 Å². The minimum absolute atomic E-state index is 0.0789. The van der Waals surface area contributed by atoms with Crippen LogP contribution in [-0.4, -0.2) is 34.5 Å². The minimum atomic E-state index is -0.822. The Bertz CT molecular complexity index is 503. The van der Waals surface area contributed by atoms with Gasteiger partial charge in [-0.15, -0.1) is 0 Å². The third-order valence-electron chi connectivity index (χ3n) is 3.60. The normalized spacial score (nSPS) is 23.2. The number of aliphatic carboxylic acids is 1. The van der Waals surface area contributed by atoms with Crippen molar-refractivity contribution in [2.45, 2.75) is 25.8 Å². The molecule has 4 nitrogen and oxygen atoms in total. The van der Waals surface area contributed by atoms with Gasteiger partial charge >= 0.3 is 5.97 Å². The van der Waals surface area contributed by atoms with Gasteiger partial charge in [0.2, 0.25) is 0 Å². The van der Waals surface area contributed by atoms with E-state index < -0.39 is 11.9 Å². The van der Waals surface area contributed by atoms with E-state index in [9.17, 15) is 9.59 Å². The molecule has 1 heterocycles. The lowest BCUT2D eigenvalue weighted by molar-refractivity contribution is -0.143. The van der Waals surface area contributed by atoms with Crippen LogP contribution >= 0.6 is 15.9 Å². The molecule has 0 spiro atoms. The smallest absolute Gasteiger partial charge is 0.308 e. The number of hydrogen-bond acceptors (Lipinski definition) is 2. The second-order valence-electron chi connectivity index (χ2n) is 4.90. The molecule has 1 aliphatic rings. The molecule has 0 saturated carbocycles. The fraction of sp³-hybridized carbons (Fsp3) is 0.429. The maximum Gasteiger partial charge on any atom is 0.308 e. The van der Waals surface area contributed by atoms with Crippen molar-refractivity contribution in [1.29, 1.82) is 0 Å². The molecule has 1 amide bonds. The van der Waals surface area contributed by atoms with Crippen LogP contribution in [0.2, 0.25) is 0 Å². The molecule has 0 aliphatic carbocycles. The topological polar surface area (TPSA) is 57.6 Å². The molecule has 0 bridgehead atoms. The van der Waals surface area contributed by atoms with E-state index in [0.29, 0.717) is 12.0 Å². The number of amides is 1. The molecule has 2 atom stereocenters. The molecule has 1 saturated heterocycles. The lowest BCUT2D eigenvalue weighted by Gasteiger charge is -2.36. The van der Waals surface area contributed by atoms with E-state index in [1.54, 1.807) is 17.0 Å². The first-order valence-electron chi connectivity index (χ1n) is 6.29. The van der Waals surface area contributed by atoms with Crippen LogP contribution in [0.15, 0.2) is 28.7 Å². The largest absolute Gasteiger partial charge is 0.481 e. The molecule has 2 rings (SSSR count). The molecule has 0 aromatic heterocycles. The number of piperidine rings is 1. The van der Waals surface area contributed by atoms with Crippen LogP contribution in [0.3, 0.4) is 0 Å². The standard InChI is InChI=1S/C14H16BrNO3/c1-9-6-7-10(14(18)19)8-16(9)13(17)11-4-2-3-5-12(11)15/h2-5,9-10H,6-8H2,1H3,(H,18,19). The molecule has 1 N–H and O–H groups in total. The highest BCUT2D eigenvalue weighted by Gasteiger charge is 2.33. The molecule has 5 heteroatoms. The van der Waals surface area contributed by atoms with E-state index >= 15 is 0 Å². The van der Waals surface area contributed by atoms with Crippen LogP contribution in [0, 0.1) is 5.92 Å². The van der Waals surface area contributed by atoms with E-state index in [-0.39, 0.29) is 18.5 Å². The minimum Gasteiger partial charge on any atom is -0.481 e. The number of nitrogens with zero attached hydrogens (tertiary/aromatic N) is 1. The molecule has 19 heavy (non-hydrogen) atoms. The fourth-order valence-corrected chi connectivity index (χ4v) is 2.84. The van der Waals surface area contributed by atoms with Crippen molar-refractivity contribution in [2.24, 2.45) is 5.92 Å². The summed E-state index contributed by atoms with van der Waals surface area (Å²) < 4.78 is 0.740. The third kappa shape index (κ3) is 2.97. The summed E-state index contributed by atoms with van der Waals surface area (Å²) in [6.45, 7) is 2.25. The number of carbonyl (C=O) groups is 2. The van der Waals surface area contributed by atoms with Crippen molar-refractivity contribution in [3.05, 3.63) is 34.3 Å². The van der Waals surface area contributed by atoms with Gasteiger partial charge < -0.3 is 10.0 Å². The number of carbonyl (C=O) groups excluding carboxylic acids is 1. The highest BCUT2D eigenvalue weighted by molar-refractivity contribution is 9.10. The van der Waals surface area contributed by atoms with Crippen LogP contribution in [0.4, 0.5) is 0 Å². The van der Waals surface area contributed by atoms with Crippen molar-refractivity contribution >= 4 is 27.8 Å². The van der Waals surface area contributed by atoms with Gasteiger partial charge in [0.15, 0.2) is 0 Å². The number of hydrogen-bond donors (Lipinski definition) is 1. The Labute approximate surface area is 120 Å². The predicted molar refractivity (Wildman–Crippen MR) is 75.0 cm³/mol. The van der Waals surface area contributed by atoms with E-state index in [1.165, 1.54) is 0 Å². The highest BCUT2D eigenvalue weighted by atomic mass is 79.9. The summed E-state index contributed by atoms with van der Waals surface area (Å²) in [6.07, 6.45) is 1.36. The molecule has 1 fully saturated rings. The Balaban J connectivity index is 2.22. The highest BCUT2D eigenvalue weighted by Crippen LogP contribution is 2.26. The number of rotatable bonds is 2. The van der Waals surface area contributed by atoms with E-state index in [0.717, 1.165) is 10.9 Å². The average molecular weight is 326 g/mol. The quantitative estimate of drug-likeness (QED) is 0.909. The zero-order valence-corrected chi connectivity index (χ0v) is 12.3. The summed E-state index contributed by atoms with van der Waals surface area (Å²) >= 11 is 3.36. The van der Waals surface area contributed by atoms with Gasteiger partial charge in [-0.1, -0.05) is 12.1 Å². The van der Waals surface area contributed by atoms with Crippen molar-refractivity contribution in [3.63, 3.8) is 0 Å². The first kappa shape index (κ1) is 14.1. The molecular weight excluding hydrogens is 310 g/mol. The average Bonchev–Trinajstić information content (AvgIpc) is 2.38. The van der Waals surface area contributed by atoms with Gasteiger partial charge in [-0.3, -0.25) is 9.59 Å². The van der Waals surface area contributed by atoms with Crippen LogP contribution in [0.5, 0.6) is 0 Å². The van der Waals surface area contributed by atoms with Gasteiger partial charge in [0, 0.05) is 17.1 Å². The maximum absolute atomic E-state index is 12.5. The van der Waals surface area contributed by atoms with Gasteiger partial charge in [-0.25, -0.2) is 0 Å². The fourth-order valence-electron chi connectivity index (χ4n) is 2.38. The Morgan fingerprint density at radius 3 is 2.63 bits per heavy atom. The van der Waals surface area contributed by atoms with E-state index in [2.05, 4.69) is 15.9 Å². The SMILES string of the molecule is CC1CCC(C(=O)O)CN1C(=O)c1ccccc1Br. The van der Waals surface area contributed by atoms with Gasteiger partial charge in [0.25, 0.3) is 5.91 Å². The second-order valence-corrected chi connectivity index (χ2v) is 5.75. The summed E-state index contributed by atoms with van der Waals surface area (Å²) in [7, 11) is 0. The lowest BCUT2D eigenvalue weighted by Crippen LogP contribution is -2.47. The van der Waals surface area contributed by atoms with Crippen molar-refractivity contribution in [2.75, 3.05) is 6.54 Å². The Morgan fingerprint density at radius 2 is 2.00 bits per heavy atom. The molecule has 102 valence electrons. The summed E-state index contributed by atoms with van der Waals surface area (Å²) in [5.41, 5.74) is 0.584. The van der Waals surface area contributed by atoms with Gasteiger partial charge in [-0.2, -0.15) is 0 Å². The molecule has 0 radical (unpaired) electrons. The zero-order valence-electron chi connectivity index (χ0n) is 10.7. The number of benzene rings is 1. The van der Waals surface area contributed by atoms with E-state index in [1.807, 2.05) is 19.1 Å². The molecule has 1 aromatic carbocycles. The number of likely N-dealkylation sites (tertiary alicyclic amines) is 1. The lowest BCUT2D eigenvalue weighted by atomic mass is 9.93. The summed E-state index contributed by atoms with van der Waals surface area (Å²) in [4.78, 5) is 25.3. The Hall–Kier alpha value is -1.36. The first-order valence-corrected chi connectivity index (χ1v) is 7.08. The second kappa shape index (κ2) is 5.74. The van der Waals surface area contributed by atoms with Crippen molar-refractivity contribution < 1.29 is 14.7 Å². The summed E-state index contributed by atoms with van der Waals surface area (Å²) in [5, 5.41) is 9.10. The number of carboxylic acids is 1. The molecule has 1 aromatic rings. The Kier molecular flexibility index (Phi) is 4.24. The maximum atomic E-state index is 12.5. The van der Waals surface area contributed by atoms with Gasteiger partial charge in [0.05, 0.1) is 11.5 Å². The number of halogens is 1. The molecular formula is C14H16BrNO3. The van der Waals surface area contributed by atoms with Crippen LogP contribution < -0.4 is 0 Å². The third-order valence-corrected chi connectivity index (χ3v) is 4.29. The van der Waals surface area contributed by atoms with Crippen molar-refractivity contribution in [1.82, 2.24) is 4.90 Å². The molecule has 2 unspecified atom stereocenters. The van der Waals surface area contributed by atoms with Crippen LogP contribution in [0.1, 0.15) is 30.1 Å². The summed E-state index contributed by atoms with van der Waals surface area (Å²) in [6, 6.07) is 7.30. The predicted octanol–water partition coefficient (Wildman–Crippen LogP) is 2.77. The van der Waals surface area contributed by atoms with Crippen molar-refractivity contribution in [3.8, 4) is 0 Å². The van der Waals surface area contributed by atoms with Gasteiger partial charge in [-0.05, 0) is 47.8 Å². The number of carboxylic acid groups (broad SMARTS) is 1. The monoisotopic (exact) mass is 325 g/mol. The van der Waals surface area contributed by atoms with Crippen LogP contribution in [0.25, 0.3) is 0 Å². The van der Waals surface area contributed by atoms with Crippen LogP contribution in [-0.2, 0) is 4.79 Å². The summed E-state index contributed by atoms with van der Waals surface area (Å²) in [5.74, 6) is -1.38. The Morgan fingerprint density at radius 1 is 1.32 bits per heavy atom. The first-order chi connectivity index (χ1) is 9.00. The van der Waals surface area contributed by atoms with Gasteiger partial charge in [0.1, 0.15) is 0 Å². The zero-order chi connectivity index (χ0) is 14.0. The molecule has 1 aliphatic heterocycles.